The van der Waals surface area contributed by atoms with Gasteiger partial charge < -0.3 is 10.1 Å². The van der Waals surface area contributed by atoms with E-state index in [1.54, 1.807) is 34.9 Å². The largest absolute Gasteiger partial charge is 0.362 e. The zero-order chi connectivity index (χ0) is 19.7. The Hall–Kier alpha value is -3.52. The molecule has 0 saturated heterocycles. The van der Waals surface area contributed by atoms with E-state index in [1.807, 2.05) is 44.4 Å². The number of hydrogen-bond acceptors (Lipinski definition) is 5. The molecule has 0 bridgehead atoms. The molecule has 1 aromatic carbocycles. The highest BCUT2D eigenvalue weighted by molar-refractivity contribution is 6.13. The molecule has 0 radical (unpaired) electrons. The van der Waals surface area contributed by atoms with Crippen LogP contribution in [0.1, 0.15) is 16.1 Å². The number of pyridine rings is 1. The van der Waals surface area contributed by atoms with Crippen LogP contribution in [0.4, 0.5) is 5.69 Å². The van der Waals surface area contributed by atoms with E-state index < -0.39 is 0 Å². The number of para-hydroxylation sites is 1. The number of aryl methyl sites for hydroxylation is 2. The lowest BCUT2D eigenvalue weighted by atomic mass is 10.0. The Kier molecular flexibility index (Phi) is 4.62. The van der Waals surface area contributed by atoms with Crippen LogP contribution in [0.15, 0.2) is 48.9 Å². The fourth-order valence-corrected chi connectivity index (χ4v) is 3.18. The molecular formula is C20H20N6O2. The summed E-state index contributed by atoms with van der Waals surface area (Å²) in [5.41, 5.74) is 4.37. The molecule has 8 heteroatoms. The molecule has 3 heterocycles. The van der Waals surface area contributed by atoms with E-state index in [0.29, 0.717) is 23.7 Å². The maximum atomic E-state index is 13.0. The van der Waals surface area contributed by atoms with E-state index in [1.165, 1.54) is 0 Å². The summed E-state index contributed by atoms with van der Waals surface area (Å²) in [6, 6.07) is 9.41. The summed E-state index contributed by atoms with van der Waals surface area (Å²) in [7, 11) is 3.45. The number of amides is 1. The van der Waals surface area contributed by atoms with Gasteiger partial charge >= 0.3 is 0 Å². The van der Waals surface area contributed by atoms with Crippen LogP contribution in [0.25, 0.3) is 22.2 Å². The van der Waals surface area contributed by atoms with E-state index >= 15 is 0 Å². The molecule has 1 amide bonds. The van der Waals surface area contributed by atoms with E-state index in [9.17, 15) is 4.79 Å². The number of anilines is 1. The van der Waals surface area contributed by atoms with E-state index in [4.69, 9.17) is 9.72 Å². The predicted molar refractivity (Wildman–Crippen MR) is 106 cm³/mol. The number of rotatable bonds is 5. The standard InChI is InChI=1S/C20H20N6O2/c1-13-17(11-25(2)24-13)19-8-16(15-6-4-5-7-18(15)23-19)20(27)22-14-9-21-26(10-14)12-28-3/h4-11H,12H2,1-3H3,(H,22,27). The van der Waals surface area contributed by atoms with E-state index in [2.05, 4.69) is 15.5 Å². The second-order valence-corrected chi connectivity index (χ2v) is 6.51. The lowest BCUT2D eigenvalue weighted by Crippen LogP contribution is -2.13. The van der Waals surface area contributed by atoms with Gasteiger partial charge in [-0.3, -0.25) is 9.48 Å². The van der Waals surface area contributed by atoms with Gasteiger partial charge in [0.25, 0.3) is 5.91 Å². The van der Waals surface area contributed by atoms with Gasteiger partial charge in [0, 0.05) is 31.3 Å². The molecule has 4 rings (SSSR count). The number of carbonyl (C=O) groups excluding carboxylic acids is 1. The molecule has 0 atom stereocenters. The van der Waals surface area contributed by atoms with Crippen molar-refractivity contribution in [1.29, 1.82) is 0 Å². The summed E-state index contributed by atoms with van der Waals surface area (Å²) in [6.45, 7) is 2.24. The van der Waals surface area contributed by atoms with Gasteiger partial charge in [-0.2, -0.15) is 10.2 Å². The van der Waals surface area contributed by atoms with Crippen LogP contribution >= 0.6 is 0 Å². The number of ether oxygens (including phenoxy) is 1. The second-order valence-electron chi connectivity index (χ2n) is 6.51. The van der Waals surface area contributed by atoms with Crippen LogP contribution < -0.4 is 5.32 Å². The fraction of sp³-hybridized carbons (Fsp3) is 0.200. The van der Waals surface area contributed by atoms with Crippen molar-refractivity contribution in [2.45, 2.75) is 13.7 Å². The SMILES string of the molecule is COCn1cc(NC(=O)c2cc(-c3cn(C)nc3C)nc3ccccc23)cn1. The van der Waals surface area contributed by atoms with Gasteiger partial charge in [-0.25, -0.2) is 9.67 Å². The molecule has 0 aliphatic heterocycles. The fourth-order valence-electron chi connectivity index (χ4n) is 3.18. The highest BCUT2D eigenvalue weighted by Gasteiger charge is 2.16. The number of nitrogens with zero attached hydrogens (tertiary/aromatic N) is 5. The lowest BCUT2D eigenvalue weighted by Gasteiger charge is -2.09. The summed E-state index contributed by atoms with van der Waals surface area (Å²) in [5, 5.41) is 12.2. The van der Waals surface area contributed by atoms with Gasteiger partial charge in [0.1, 0.15) is 6.73 Å². The molecule has 0 fully saturated rings. The molecule has 142 valence electrons. The van der Waals surface area contributed by atoms with Crippen LogP contribution in [-0.2, 0) is 18.5 Å². The summed E-state index contributed by atoms with van der Waals surface area (Å²) in [6.07, 6.45) is 5.21. The van der Waals surface area contributed by atoms with Crippen molar-refractivity contribution in [2.24, 2.45) is 7.05 Å². The van der Waals surface area contributed by atoms with Crippen molar-refractivity contribution in [3.05, 3.63) is 60.2 Å². The molecule has 1 N–H and O–H groups in total. The van der Waals surface area contributed by atoms with Gasteiger partial charge in [0.2, 0.25) is 0 Å². The maximum absolute atomic E-state index is 13.0. The van der Waals surface area contributed by atoms with Gasteiger partial charge in [-0.15, -0.1) is 0 Å². The first-order valence-electron chi connectivity index (χ1n) is 8.78. The number of benzene rings is 1. The van der Waals surface area contributed by atoms with Crippen LogP contribution in [0.2, 0.25) is 0 Å². The van der Waals surface area contributed by atoms with Gasteiger partial charge in [0.05, 0.1) is 40.5 Å². The summed E-state index contributed by atoms with van der Waals surface area (Å²) in [4.78, 5) is 17.8. The lowest BCUT2D eigenvalue weighted by molar-refractivity contribution is 0.102. The van der Waals surface area contributed by atoms with Crippen LogP contribution in [0.3, 0.4) is 0 Å². The molecule has 0 spiro atoms. The first kappa shape index (κ1) is 17.9. The average Bonchev–Trinajstić information content (AvgIpc) is 3.26. The number of hydrogen-bond donors (Lipinski definition) is 1. The first-order chi connectivity index (χ1) is 13.5. The highest BCUT2D eigenvalue weighted by Crippen LogP contribution is 2.27. The quantitative estimate of drug-likeness (QED) is 0.579. The molecule has 0 unspecified atom stereocenters. The van der Waals surface area contributed by atoms with Gasteiger partial charge in [0.15, 0.2) is 0 Å². The Bertz CT molecular complexity index is 1160. The number of methoxy groups -OCH3 is 1. The minimum Gasteiger partial charge on any atom is -0.362 e. The van der Waals surface area contributed by atoms with Crippen molar-refractivity contribution in [3.63, 3.8) is 0 Å². The van der Waals surface area contributed by atoms with Crippen molar-refractivity contribution in [2.75, 3.05) is 12.4 Å². The maximum Gasteiger partial charge on any atom is 0.256 e. The molecular weight excluding hydrogens is 356 g/mol. The average molecular weight is 376 g/mol. The minimum absolute atomic E-state index is 0.224. The zero-order valence-electron chi connectivity index (χ0n) is 15.9. The third kappa shape index (κ3) is 3.37. The summed E-state index contributed by atoms with van der Waals surface area (Å²) in [5.74, 6) is -0.224. The number of fused-ring (bicyclic) bond motifs is 1. The minimum atomic E-state index is -0.224. The monoisotopic (exact) mass is 376 g/mol. The Labute approximate surface area is 161 Å². The molecule has 28 heavy (non-hydrogen) atoms. The van der Waals surface area contributed by atoms with Gasteiger partial charge in [-0.1, -0.05) is 18.2 Å². The summed E-state index contributed by atoms with van der Waals surface area (Å²) < 4.78 is 8.38. The molecule has 0 aliphatic rings. The molecule has 0 saturated carbocycles. The van der Waals surface area contributed by atoms with Crippen LogP contribution in [-0.4, -0.2) is 37.6 Å². The Morgan fingerprint density at radius 3 is 2.82 bits per heavy atom. The number of aromatic nitrogens is 5. The molecule has 8 nitrogen and oxygen atoms in total. The molecule has 4 aromatic rings. The van der Waals surface area contributed by atoms with Crippen molar-refractivity contribution in [1.82, 2.24) is 24.5 Å². The topological polar surface area (TPSA) is 86.9 Å². The van der Waals surface area contributed by atoms with Gasteiger partial charge in [-0.05, 0) is 19.1 Å². The predicted octanol–water partition coefficient (Wildman–Crippen LogP) is 3.00. The highest BCUT2D eigenvalue weighted by atomic mass is 16.5. The van der Waals surface area contributed by atoms with Crippen LogP contribution in [0, 0.1) is 6.92 Å². The normalized spacial score (nSPS) is 11.1. The van der Waals surface area contributed by atoms with Crippen molar-refractivity contribution in [3.8, 4) is 11.3 Å². The smallest absolute Gasteiger partial charge is 0.256 e. The van der Waals surface area contributed by atoms with Crippen molar-refractivity contribution < 1.29 is 9.53 Å². The second kappa shape index (κ2) is 7.24. The molecule has 0 aliphatic carbocycles. The van der Waals surface area contributed by atoms with E-state index in [0.717, 1.165) is 22.2 Å². The van der Waals surface area contributed by atoms with Crippen LogP contribution in [0.5, 0.6) is 0 Å². The van der Waals surface area contributed by atoms with E-state index in [-0.39, 0.29) is 5.91 Å². The first-order valence-corrected chi connectivity index (χ1v) is 8.78. The Morgan fingerprint density at radius 1 is 1.25 bits per heavy atom. The zero-order valence-corrected chi connectivity index (χ0v) is 15.9. The third-order valence-corrected chi connectivity index (χ3v) is 4.40. The number of nitrogens with one attached hydrogen (secondary N) is 1. The van der Waals surface area contributed by atoms with Crippen molar-refractivity contribution >= 4 is 22.5 Å². The summed E-state index contributed by atoms with van der Waals surface area (Å²) >= 11 is 0. The third-order valence-electron chi connectivity index (χ3n) is 4.40. The Morgan fingerprint density at radius 2 is 2.07 bits per heavy atom. The Balaban J connectivity index is 1.76. The molecule has 3 aromatic heterocycles. The number of carbonyl (C=O) groups is 1.